The first kappa shape index (κ1) is 12.6. The molecule has 0 bridgehead atoms. The van der Waals surface area contributed by atoms with Gasteiger partial charge in [0.25, 0.3) is 0 Å². The summed E-state index contributed by atoms with van der Waals surface area (Å²) in [6.45, 7) is 0. The van der Waals surface area contributed by atoms with Gasteiger partial charge in [0.05, 0.1) is 15.5 Å². The molecular weight excluding hydrogens is 285 g/mol. The van der Waals surface area contributed by atoms with E-state index in [9.17, 15) is 19.7 Å². The van der Waals surface area contributed by atoms with E-state index < -0.39 is 21.7 Å². The molecule has 9 heteroatoms. The first-order valence-electron chi connectivity index (χ1n) is 4.60. The topological polar surface area (TPSA) is 98.0 Å². The van der Waals surface area contributed by atoms with Crippen molar-refractivity contribution in [2.24, 2.45) is 7.05 Å². The van der Waals surface area contributed by atoms with Gasteiger partial charge in [0.15, 0.2) is 0 Å². The van der Waals surface area contributed by atoms with E-state index in [0.29, 0.717) is 0 Å². The Morgan fingerprint density at radius 2 is 2.00 bits per heavy atom. The van der Waals surface area contributed by atoms with E-state index in [1.807, 2.05) is 0 Å². The Balaban J connectivity index is 3.19. The smallest absolute Gasteiger partial charge is 0.316 e. The van der Waals surface area contributed by atoms with Crippen LogP contribution >= 0.6 is 23.2 Å². The molecule has 1 aromatic carbocycles. The fraction of sp³-hybridized carbons (Fsp3) is 0.111. The number of nitro benzene ring substituents is 1. The summed E-state index contributed by atoms with van der Waals surface area (Å²) in [4.78, 5) is 35.2. The molecule has 2 rings (SSSR count). The Morgan fingerprint density at radius 3 is 2.56 bits per heavy atom. The van der Waals surface area contributed by atoms with Crippen LogP contribution in [0.5, 0.6) is 0 Å². The van der Waals surface area contributed by atoms with E-state index in [0.717, 1.165) is 4.57 Å². The second-order valence-corrected chi connectivity index (χ2v) is 4.28. The molecule has 0 spiro atoms. The largest absolute Gasteiger partial charge is 0.316 e. The van der Waals surface area contributed by atoms with Gasteiger partial charge in [0.2, 0.25) is 0 Å². The molecule has 0 amide bonds. The van der Waals surface area contributed by atoms with Crippen molar-refractivity contribution in [3.63, 3.8) is 0 Å². The minimum Gasteiger partial charge on any atom is -0.316 e. The van der Waals surface area contributed by atoms with Gasteiger partial charge in [-0.15, -0.1) is 0 Å². The number of H-pyrrole nitrogens is 1. The van der Waals surface area contributed by atoms with Crippen LogP contribution in [0.15, 0.2) is 15.7 Å². The third kappa shape index (κ3) is 1.68. The van der Waals surface area contributed by atoms with E-state index in [1.54, 1.807) is 0 Å². The molecule has 1 N–H and O–H groups in total. The van der Waals surface area contributed by atoms with Crippen molar-refractivity contribution < 1.29 is 4.92 Å². The van der Waals surface area contributed by atoms with E-state index in [2.05, 4.69) is 4.98 Å². The van der Waals surface area contributed by atoms with Crippen LogP contribution < -0.4 is 11.1 Å². The number of hydrogen-bond acceptors (Lipinski definition) is 4. The lowest BCUT2D eigenvalue weighted by Crippen LogP contribution is -2.35. The molecule has 1 heterocycles. The highest BCUT2D eigenvalue weighted by molar-refractivity contribution is 6.44. The average Bonchev–Trinajstić information content (AvgIpc) is 2.29. The molecule has 0 saturated heterocycles. The maximum Gasteiger partial charge on any atom is 0.316 e. The van der Waals surface area contributed by atoms with Crippen LogP contribution in [0, 0.1) is 10.1 Å². The van der Waals surface area contributed by atoms with Gasteiger partial charge in [-0.05, 0) is 6.07 Å². The number of benzene rings is 1. The predicted octanol–water partition coefficient (Wildman–Crippen LogP) is 1.44. The lowest BCUT2D eigenvalue weighted by atomic mass is 10.2. The van der Waals surface area contributed by atoms with Gasteiger partial charge in [-0.25, -0.2) is 0 Å². The van der Waals surface area contributed by atoms with Crippen molar-refractivity contribution >= 4 is 39.9 Å². The fourth-order valence-electron chi connectivity index (χ4n) is 1.63. The standard InChI is InChI=1S/C9H5Cl2N3O4/c1-13-6-4(12-8(15)9(13)16)2-3(10)5(11)7(6)14(17)18/h2H,1H3,(H,12,15). The molecule has 94 valence electrons. The zero-order valence-electron chi connectivity index (χ0n) is 8.86. The summed E-state index contributed by atoms with van der Waals surface area (Å²) in [5.41, 5.74) is -2.33. The zero-order valence-corrected chi connectivity index (χ0v) is 10.4. The predicted molar refractivity (Wildman–Crippen MR) is 66.5 cm³/mol. The number of nitro groups is 1. The molecule has 0 aliphatic carbocycles. The summed E-state index contributed by atoms with van der Waals surface area (Å²) in [7, 11) is 1.25. The molecule has 0 aliphatic heterocycles. The van der Waals surface area contributed by atoms with Gasteiger partial charge in [-0.1, -0.05) is 23.2 Å². The second kappa shape index (κ2) is 4.11. The third-order valence-corrected chi connectivity index (χ3v) is 3.21. The van der Waals surface area contributed by atoms with Gasteiger partial charge in [-0.2, -0.15) is 0 Å². The van der Waals surface area contributed by atoms with Gasteiger partial charge in [-0.3, -0.25) is 24.3 Å². The molecule has 0 aliphatic rings. The molecule has 7 nitrogen and oxygen atoms in total. The Labute approximate surface area is 109 Å². The molecule has 0 fully saturated rings. The summed E-state index contributed by atoms with van der Waals surface area (Å²) < 4.78 is 0.870. The maximum absolute atomic E-state index is 11.5. The molecular formula is C9H5Cl2N3O4. The number of nitrogens with one attached hydrogen (secondary N) is 1. The van der Waals surface area contributed by atoms with Gasteiger partial charge < -0.3 is 4.98 Å². The Kier molecular flexibility index (Phi) is 2.88. The van der Waals surface area contributed by atoms with E-state index in [-0.39, 0.29) is 21.1 Å². The SMILES string of the molecule is Cn1c(=O)c(=O)[nH]c2cc(Cl)c(Cl)c([N+](=O)[O-])c21. The number of aryl methyl sites for hydroxylation is 1. The summed E-state index contributed by atoms with van der Waals surface area (Å²) in [5, 5.41) is 10.6. The average molecular weight is 290 g/mol. The third-order valence-electron chi connectivity index (χ3n) is 2.43. The van der Waals surface area contributed by atoms with Crippen LogP contribution in [0.25, 0.3) is 11.0 Å². The quantitative estimate of drug-likeness (QED) is 0.488. The molecule has 2 aromatic rings. The first-order chi connectivity index (χ1) is 8.34. The Morgan fingerprint density at radius 1 is 1.39 bits per heavy atom. The summed E-state index contributed by atoms with van der Waals surface area (Å²) in [6.07, 6.45) is 0. The van der Waals surface area contributed by atoms with Crippen molar-refractivity contribution in [1.82, 2.24) is 9.55 Å². The van der Waals surface area contributed by atoms with Crippen LogP contribution in [0.2, 0.25) is 10.0 Å². The summed E-state index contributed by atoms with van der Waals surface area (Å²) >= 11 is 11.5. The summed E-state index contributed by atoms with van der Waals surface area (Å²) in [6, 6.07) is 1.26. The van der Waals surface area contributed by atoms with Crippen molar-refractivity contribution in [3.8, 4) is 0 Å². The van der Waals surface area contributed by atoms with Crippen molar-refractivity contribution in [2.45, 2.75) is 0 Å². The zero-order chi connectivity index (χ0) is 13.6. The summed E-state index contributed by atoms with van der Waals surface area (Å²) in [5.74, 6) is 0. The monoisotopic (exact) mass is 289 g/mol. The number of aromatic nitrogens is 2. The number of aromatic amines is 1. The molecule has 1 aromatic heterocycles. The van der Waals surface area contributed by atoms with Crippen LogP contribution in [-0.2, 0) is 7.05 Å². The molecule has 0 atom stereocenters. The van der Waals surface area contributed by atoms with Gasteiger partial charge in [0.1, 0.15) is 10.5 Å². The van der Waals surface area contributed by atoms with Crippen LogP contribution in [0.4, 0.5) is 5.69 Å². The Hall–Kier alpha value is -1.86. The number of hydrogen-bond donors (Lipinski definition) is 1. The number of fused-ring (bicyclic) bond motifs is 1. The van der Waals surface area contributed by atoms with Crippen LogP contribution in [-0.4, -0.2) is 14.5 Å². The minimum atomic E-state index is -0.913. The van der Waals surface area contributed by atoms with E-state index >= 15 is 0 Å². The lowest BCUT2D eigenvalue weighted by Gasteiger charge is -2.07. The van der Waals surface area contributed by atoms with E-state index in [1.165, 1.54) is 13.1 Å². The van der Waals surface area contributed by atoms with Gasteiger partial charge in [0, 0.05) is 7.05 Å². The van der Waals surface area contributed by atoms with Crippen molar-refractivity contribution in [3.05, 3.63) is 46.9 Å². The second-order valence-electron chi connectivity index (χ2n) is 3.49. The van der Waals surface area contributed by atoms with Crippen molar-refractivity contribution in [2.75, 3.05) is 0 Å². The molecule has 0 unspecified atom stereocenters. The maximum atomic E-state index is 11.5. The highest BCUT2D eigenvalue weighted by Crippen LogP contribution is 2.36. The number of rotatable bonds is 1. The van der Waals surface area contributed by atoms with Crippen LogP contribution in [0.1, 0.15) is 0 Å². The van der Waals surface area contributed by atoms with E-state index in [4.69, 9.17) is 23.2 Å². The molecule has 0 saturated carbocycles. The lowest BCUT2D eigenvalue weighted by molar-refractivity contribution is -0.383. The first-order valence-corrected chi connectivity index (χ1v) is 5.35. The molecule has 18 heavy (non-hydrogen) atoms. The highest BCUT2D eigenvalue weighted by Gasteiger charge is 2.24. The fourth-order valence-corrected chi connectivity index (χ4v) is 2.05. The highest BCUT2D eigenvalue weighted by atomic mass is 35.5. The van der Waals surface area contributed by atoms with Gasteiger partial charge >= 0.3 is 16.8 Å². The number of nitrogens with zero attached hydrogens (tertiary/aromatic N) is 2. The number of halogens is 2. The van der Waals surface area contributed by atoms with Crippen LogP contribution in [0.3, 0.4) is 0 Å². The normalized spacial score (nSPS) is 10.8. The minimum absolute atomic E-state index is 0.0724. The Bertz CT molecular complexity index is 793. The van der Waals surface area contributed by atoms with Crippen molar-refractivity contribution in [1.29, 1.82) is 0 Å². The molecule has 0 radical (unpaired) electrons.